The second kappa shape index (κ2) is 8.62. The van der Waals surface area contributed by atoms with Crippen LogP contribution in [0.4, 0.5) is 0 Å². The third kappa shape index (κ3) is 4.92. The Morgan fingerprint density at radius 3 is 2.73 bits per heavy atom. The topological polar surface area (TPSA) is 141 Å². The molecule has 0 radical (unpaired) electrons. The first-order valence-electron chi connectivity index (χ1n) is 8.10. The molecule has 0 aromatic rings. The lowest BCUT2D eigenvalue weighted by Crippen LogP contribution is -2.43. The Morgan fingerprint density at radius 1 is 1.46 bits per heavy atom. The van der Waals surface area contributed by atoms with E-state index in [1.807, 2.05) is 0 Å². The summed E-state index contributed by atoms with van der Waals surface area (Å²) in [7, 11) is -2.62. The van der Waals surface area contributed by atoms with Crippen molar-refractivity contribution in [1.29, 1.82) is 0 Å². The van der Waals surface area contributed by atoms with Crippen molar-refractivity contribution in [2.75, 3.05) is 20.3 Å². The number of aliphatic hydroxyl groups is 2. The van der Waals surface area contributed by atoms with E-state index in [-0.39, 0.29) is 13.2 Å². The maximum absolute atomic E-state index is 12.3. The normalized spacial score (nSPS) is 31.2. The quantitative estimate of drug-likeness (QED) is 0.482. The van der Waals surface area contributed by atoms with Crippen LogP contribution in [0.25, 0.3) is 0 Å². The van der Waals surface area contributed by atoms with E-state index in [1.165, 1.54) is 12.0 Å². The summed E-state index contributed by atoms with van der Waals surface area (Å²) in [5.74, 6) is -0.584. The molecule has 2 aliphatic rings. The second-order valence-corrected chi connectivity index (χ2v) is 7.92. The first-order valence-corrected chi connectivity index (χ1v) is 9.56. The van der Waals surface area contributed by atoms with Crippen LogP contribution in [0.15, 0.2) is 23.9 Å². The van der Waals surface area contributed by atoms with Gasteiger partial charge >= 0.3 is 7.82 Å². The number of primary amides is 1. The molecule has 2 heterocycles. The molecule has 0 bridgehead atoms. The number of carbonyl (C=O) groups excluding carboxylic acids is 1. The van der Waals surface area contributed by atoms with Gasteiger partial charge in [-0.15, -0.1) is 0 Å². The summed E-state index contributed by atoms with van der Waals surface area (Å²) >= 11 is 0. The van der Waals surface area contributed by atoms with Gasteiger partial charge in [-0.25, -0.2) is 4.57 Å². The minimum atomic E-state index is -3.80. The summed E-state index contributed by atoms with van der Waals surface area (Å²) in [5, 5.41) is 20.5. The average Bonchev–Trinajstić information content (AvgIpc) is 2.88. The zero-order valence-electron chi connectivity index (χ0n) is 14.8. The summed E-state index contributed by atoms with van der Waals surface area (Å²) < 4.78 is 33.0. The van der Waals surface area contributed by atoms with Crippen molar-refractivity contribution >= 4 is 13.7 Å². The smallest absolute Gasteiger partial charge is 0.387 e. The SMILES string of the molecule is COP(=O)(OC[C@H]1O[C@@H](N2C=CC=C(C(N)=O)C2)[C@H](O)[C@@H]1O)OC(C)C. The van der Waals surface area contributed by atoms with Crippen LogP contribution in [-0.4, -0.2) is 71.9 Å². The van der Waals surface area contributed by atoms with Gasteiger partial charge in [0.25, 0.3) is 0 Å². The molecule has 10 nitrogen and oxygen atoms in total. The van der Waals surface area contributed by atoms with Gasteiger partial charge in [-0.3, -0.25) is 18.4 Å². The molecule has 1 amide bonds. The zero-order valence-corrected chi connectivity index (χ0v) is 15.7. The number of phosphoric ester groups is 1. The maximum Gasteiger partial charge on any atom is 0.474 e. The number of amides is 1. The molecule has 1 fully saturated rings. The van der Waals surface area contributed by atoms with Crippen LogP contribution >= 0.6 is 7.82 Å². The van der Waals surface area contributed by atoms with E-state index in [9.17, 15) is 19.6 Å². The van der Waals surface area contributed by atoms with Gasteiger partial charge in [0, 0.05) is 18.9 Å². The van der Waals surface area contributed by atoms with Gasteiger partial charge in [0.2, 0.25) is 5.91 Å². The lowest BCUT2D eigenvalue weighted by molar-refractivity contribution is -0.115. The van der Waals surface area contributed by atoms with Gasteiger partial charge in [0.15, 0.2) is 6.23 Å². The van der Waals surface area contributed by atoms with Gasteiger partial charge < -0.3 is 25.6 Å². The first-order chi connectivity index (χ1) is 12.2. The number of ether oxygens (including phenoxy) is 1. The van der Waals surface area contributed by atoms with Crippen molar-refractivity contribution in [1.82, 2.24) is 4.90 Å². The number of nitrogens with zero attached hydrogens (tertiary/aromatic N) is 1. The van der Waals surface area contributed by atoms with E-state index in [1.54, 1.807) is 32.2 Å². The summed E-state index contributed by atoms with van der Waals surface area (Å²) in [6.45, 7) is 3.15. The lowest BCUT2D eigenvalue weighted by Gasteiger charge is -2.31. The number of rotatable bonds is 8. The summed E-state index contributed by atoms with van der Waals surface area (Å²) in [5.41, 5.74) is 5.61. The van der Waals surface area contributed by atoms with Gasteiger partial charge in [0.1, 0.15) is 18.3 Å². The molecule has 1 saturated heterocycles. The Balaban J connectivity index is 1.99. The van der Waals surface area contributed by atoms with Crippen LogP contribution < -0.4 is 5.73 Å². The molecule has 26 heavy (non-hydrogen) atoms. The standard InChI is InChI=1S/C15H25N2O8P/c1-9(2)25-26(21,22-3)23-8-11-12(18)13(19)15(24-11)17-6-4-5-10(7-17)14(16)20/h4-6,9,11-13,15,18-19H,7-8H2,1-3H3,(H2,16,20)/t11-,12-,13-,15-,26?/m1/s1. The molecule has 5 atom stereocenters. The number of hydrogen-bond donors (Lipinski definition) is 3. The molecule has 2 aliphatic heterocycles. The van der Waals surface area contributed by atoms with Crippen LogP contribution in [0.2, 0.25) is 0 Å². The molecule has 11 heteroatoms. The number of allylic oxidation sites excluding steroid dienone is 2. The molecule has 0 aromatic heterocycles. The number of aliphatic hydroxyl groups excluding tert-OH is 2. The third-order valence-electron chi connectivity index (χ3n) is 3.87. The highest BCUT2D eigenvalue weighted by Gasteiger charge is 2.46. The predicted molar refractivity (Wildman–Crippen MR) is 90.6 cm³/mol. The van der Waals surface area contributed by atoms with E-state index in [4.69, 9.17) is 24.0 Å². The van der Waals surface area contributed by atoms with Crippen LogP contribution in [0, 0.1) is 0 Å². The number of phosphoric acid groups is 1. The summed E-state index contributed by atoms with van der Waals surface area (Å²) in [4.78, 5) is 12.9. The highest BCUT2D eigenvalue weighted by atomic mass is 31.2. The third-order valence-corrected chi connectivity index (χ3v) is 5.46. The Bertz CT molecular complexity index is 623. The largest absolute Gasteiger partial charge is 0.474 e. The highest BCUT2D eigenvalue weighted by molar-refractivity contribution is 7.48. The van der Waals surface area contributed by atoms with E-state index in [0.29, 0.717) is 5.57 Å². The second-order valence-electron chi connectivity index (χ2n) is 6.20. The molecule has 0 aliphatic carbocycles. The Labute approximate surface area is 151 Å². The molecule has 2 rings (SSSR count). The molecule has 0 saturated carbocycles. The molecule has 148 valence electrons. The van der Waals surface area contributed by atoms with Gasteiger partial charge in [-0.2, -0.15) is 0 Å². The van der Waals surface area contributed by atoms with Crippen molar-refractivity contribution in [2.24, 2.45) is 5.73 Å². The van der Waals surface area contributed by atoms with E-state index in [2.05, 4.69) is 0 Å². The first kappa shape index (κ1) is 21.0. The Kier molecular flexibility index (Phi) is 6.98. The van der Waals surface area contributed by atoms with Crippen molar-refractivity contribution in [3.63, 3.8) is 0 Å². The van der Waals surface area contributed by atoms with Crippen LogP contribution in [0.1, 0.15) is 13.8 Å². The maximum atomic E-state index is 12.3. The molecular formula is C15H25N2O8P. The molecule has 1 unspecified atom stereocenters. The van der Waals surface area contributed by atoms with Gasteiger partial charge in [-0.1, -0.05) is 6.08 Å². The van der Waals surface area contributed by atoms with Crippen LogP contribution in [-0.2, 0) is 27.7 Å². The minimum Gasteiger partial charge on any atom is -0.387 e. The molecule has 4 N–H and O–H groups in total. The molecule has 0 spiro atoms. The predicted octanol–water partition coefficient (Wildman–Crippen LogP) is -0.130. The van der Waals surface area contributed by atoms with E-state index < -0.39 is 44.4 Å². The lowest BCUT2D eigenvalue weighted by atomic mass is 10.1. The fourth-order valence-electron chi connectivity index (χ4n) is 2.60. The molecular weight excluding hydrogens is 367 g/mol. The Hall–Kier alpha value is -1.26. The minimum absolute atomic E-state index is 0.126. The van der Waals surface area contributed by atoms with E-state index in [0.717, 1.165) is 0 Å². The van der Waals surface area contributed by atoms with Crippen molar-refractivity contribution in [3.8, 4) is 0 Å². The molecule has 0 aromatic carbocycles. The van der Waals surface area contributed by atoms with Gasteiger partial charge in [0.05, 0.1) is 19.3 Å². The Morgan fingerprint density at radius 2 is 2.15 bits per heavy atom. The monoisotopic (exact) mass is 392 g/mol. The zero-order chi connectivity index (χ0) is 19.5. The van der Waals surface area contributed by atoms with Crippen molar-refractivity contribution < 1.29 is 37.9 Å². The van der Waals surface area contributed by atoms with Crippen molar-refractivity contribution in [2.45, 2.75) is 44.5 Å². The fraction of sp³-hybridized carbons (Fsp3) is 0.667. The van der Waals surface area contributed by atoms with Crippen molar-refractivity contribution in [3.05, 3.63) is 23.9 Å². The summed E-state index contributed by atoms with van der Waals surface area (Å²) in [6.07, 6.45) is -0.0875. The number of hydrogen-bond acceptors (Lipinski definition) is 9. The van der Waals surface area contributed by atoms with E-state index >= 15 is 0 Å². The number of nitrogens with two attached hydrogens (primary N) is 1. The average molecular weight is 392 g/mol. The van der Waals surface area contributed by atoms with Gasteiger partial charge in [-0.05, 0) is 19.9 Å². The fourth-order valence-corrected chi connectivity index (χ4v) is 3.69. The number of carbonyl (C=O) groups is 1. The highest BCUT2D eigenvalue weighted by Crippen LogP contribution is 2.50. The van der Waals surface area contributed by atoms with Crippen LogP contribution in [0.5, 0.6) is 0 Å². The summed E-state index contributed by atoms with van der Waals surface area (Å²) in [6, 6.07) is 0. The van der Waals surface area contributed by atoms with Crippen LogP contribution in [0.3, 0.4) is 0 Å².